The number of hydrazone groups is 1. The molecule has 0 radical (unpaired) electrons. The van der Waals surface area contributed by atoms with Gasteiger partial charge in [0.2, 0.25) is 0 Å². The van der Waals surface area contributed by atoms with Crippen LogP contribution in [0.15, 0.2) is 35.4 Å². The third kappa shape index (κ3) is 4.91. The average molecular weight is 388 g/mol. The minimum Gasteiger partial charge on any atom is -0.493 e. The summed E-state index contributed by atoms with van der Waals surface area (Å²) >= 11 is 5.23. The van der Waals surface area contributed by atoms with Gasteiger partial charge in [0.15, 0.2) is 16.6 Å². The molecule has 0 aliphatic rings. The Hall–Kier alpha value is -3.20. The number of nitro benzene ring substituents is 1. The lowest BCUT2D eigenvalue weighted by molar-refractivity contribution is -0.385. The van der Waals surface area contributed by atoms with Gasteiger partial charge in [-0.1, -0.05) is 18.2 Å². The van der Waals surface area contributed by atoms with Gasteiger partial charge in [0.1, 0.15) is 0 Å². The molecule has 142 valence electrons. The van der Waals surface area contributed by atoms with Crippen molar-refractivity contribution in [2.75, 3.05) is 19.5 Å². The van der Waals surface area contributed by atoms with Gasteiger partial charge in [0.05, 0.1) is 37.0 Å². The highest BCUT2D eigenvalue weighted by atomic mass is 32.1. The lowest BCUT2D eigenvalue weighted by Crippen LogP contribution is -2.24. The summed E-state index contributed by atoms with van der Waals surface area (Å²) in [6.07, 6.45) is 1.30. The number of anilines is 1. The molecule has 0 bridgehead atoms. The Balaban J connectivity index is 2.17. The highest BCUT2D eigenvalue weighted by Gasteiger charge is 2.18. The second-order valence-electron chi connectivity index (χ2n) is 5.61. The maximum Gasteiger partial charge on any atom is 0.282 e. The zero-order valence-electron chi connectivity index (χ0n) is 15.4. The Kier molecular flexibility index (Phi) is 6.67. The molecule has 8 nitrogen and oxygen atoms in total. The van der Waals surface area contributed by atoms with Crippen molar-refractivity contribution in [1.82, 2.24) is 5.43 Å². The minimum atomic E-state index is -0.517. The summed E-state index contributed by atoms with van der Waals surface area (Å²) in [5.74, 6) is 0.627. The van der Waals surface area contributed by atoms with Gasteiger partial charge >= 0.3 is 0 Å². The number of hydrogen-bond donors (Lipinski definition) is 2. The summed E-state index contributed by atoms with van der Waals surface area (Å²) in [5.41, 5.74) is 5.72. The number of nitrogens with zero attached hydrogens (tertiary/aromatic N) is 2. The lowest BCUT2D eigenvalue weighted by Gasteiger charge is -2.12. The van der Waals surface area contributed by atoms with Gasteiger partial charge in [-0.25, -0.2) is 0 Å². The minimum absolute atomic E-state index is 0.160. The number of nitro groups is 1. The Bertz CT molecular complexity index is 879. The summed E-state index contributed by atoms with van der Waals surface area (Å²) < 4.78 is 10.3. The molecule has 0 saturated heterocycles. The van der Waals surface area contributed by atoms with Crippen molar-refractivity contribution < 1.29 is 14.4 Å². The molecule has 0 atom stereocenters. The molecule has 9 heteroatoms. The molecule has 27 heavy (non-hydrogen) atoms. The fourth-order valence-electron chi connectivity index (χ4n) is 2.46. The molecule has 0 aliphatic heterocycles. The first-order valence-corrected chi connectivity index (χ1v) is 8.35. The molecule has 2 aromatic carbocycles. The number of rotatable bonds is 6. The summed E-state index contributed by atoms with van der Waals surface area (Å²) in [4.78, 5) is 10.8. The lowest BCUT2D eigenvalue weighted by atomic mass is 10.1. The van der Waals surface area contributed by atoms with Gasteiger partial charge in [0.25, 0.3) is 5.69 Å². The van der Waals surface area contributed by atoms with Crippen molar-refractivity contribution >= 4 is 34.9 Å². The molecule has 0 spiro atoms. The molecule has 0 heterocycles. The number of nitrogens with one attached hydrogen (secondary N) is 2. The molecule has 0 aliphatic carbocycles. The zero-order chi connectivity index (χ0) is 20.0. The van der Waals surface area contributed by atoms with E-state index in [0.29, 0.717) is 5.75 Å². The molecule has 2 rings (SSSR count). The Morgan fingerprint density at radius 3 is 2.33 bits per heavy atom. The topological polar surface area (TPSA) is 98.0 Å². The normalized spacial score (nSPS) is 10.5. The van der Waals surface area contributed by atoms with E-state index in [1.54, 1.807) is 0 Å². The number of ether oxygens (including phenoxy) is 2. The molecule has 0 unspecified atom stereocenters. The molecule has 2 N–H and O–H groups in total. The van der Waals surface area contributed by atoms with E-state index in [0.717, 1.165) is 16.8 Å². The van der Waals surface area contributed by atoms with Crippen LogP contribution in [-0.2, 0) is 0 Å². The summed E-state index contributed by atoms with van der Waals surface area (Å²) in [5, 5.41) is 18.6. The smallest absolute Gasteiger partial charge is 0.282 e. The van der Waals surface area contributed by atoms with Crippen LogP contribution in [0.2, 0.25) is 0 Å². The van der Waals surface area contributed by atoms with Gasteiger partial charge in [-0.15, -0.1) is 0 Å². The van der Waals surface area contributed by atoms with Crippen LogP contribution >= 0.6 is 12.2 Å². The highest BCUT2D eigenvalue weighted by molar-refractivity contribution is 7.80. The summed E-state index contributed by atoms with van der Waals surface area (Å²) in [6, 6.07) is 8.65. The zero-order valence-corrected chi connectivity index (χ0v) is 16.2. The molecule has 0 amide bonds. The van der Waals surface area contributed by atoms with Crippen molar-refractivity contribution in [3.63, 3.8) is 0 Å². The maximum atomic E-state index is 11.3. The third-order valence-electron chi connectivity index (χ3n) is 3.82. The van der Waals surface area contributed by atoms with Gasteiger partial charge in [-0.2, -0.15) is 5.10 Å². The molecular weight excluding hydrogens is 368 g/mol. The molecule has 2 aromatic rings. The first-order valence-electron chi connectivity index (χ1n) is 7.94. The fraction of sp³-hybridized carbons (Fsp3) is 0.222. The van der Waals surface area contributed by atoms with Crippen LogP contribution in [0.4, 0.5) is 11.4 Å². The van der Waals surface area contributed by atoms with E-state index in [4.69, 9.17) is 21.7 Å². The van der Waals surface area contributed by atoms with Crippen LogP contribution in [0.5, 0.6) is 11.5 Å². The Morgan fingerprint density at radius 2 is 1.78 bits per heavy atom. The predicted molar refractivity (Wildman–Crippen MR) is 109 cm³/mol. The van der Waals surface area contributed by atoms with Crippen LogP contribution in [-0.4, -0.2) is 30.5 Å². The van der Waals surface area contributed by atoms with Crippen molar-refractivity contribution in [2.45, 2.75) is 13.8 Å². The van der Waals surface area contributed by atoms with Gasteiger partial charge < -0.3 is 14.8 Å². The summed E-state index contributed by atoms with van der Waals surface area (Å²) in [7, 11) is 2.86. The van der Waals surface area contributed by atoms with Gasteiger partial charge in [0, 0.05) is 5.69 Å². The quantitative estimate of drug-likeness (QED) is 0.338. The maximum absolute atomic E-state index is 11.3. The number of thiocarbonyl (C=S) groups is 1. The summed E-state index contributed by atoms with van der Waals surface area (Å²) in [6.45, 7) is 3.93. The van der Waals surface area contributed by atoms with Crippen molar-refractivity contribution in [3.05, 3.63) is 57.1 Å². The van der Waals surface area contributed by atoms with Crippen LogP contribution in [0.25, 0.3) is 0 Å². The van der Waals surface area contributed by atoms with Crippen LogP contribution in [0.3, 0.4) is 0 Å². The van der Waals surface area contributed by atoms with Gasteiger partial charge in [-0.05, 0) is 43.3 Å². The second-order valence-corrected chi connectivity index (χ2v) is 6.02. The first kappa shape index (κ1) is 20.1. The standard InChI is InChI=1S/C18H20N4O4S/c1-11-6-5-7-12(2)17(11)20-18(27)21-19-10-13-8-15(25-3)16(26-4)9-14(13)22(23)24/h5-10H,1-4H3,(H2,20,21,27)/b19-10-. The number of benzene rings is 2. The largest absolute Gasteiger partial charge is 0.493 e. The van der Waals surface area contributed by atoms with E-state index in [1.165, 1.54) is 32.6 Å². The van der Waals surface area contributed by atoms with Crippen LogP contribution in [0.1, 0.15) is 16.7 Å². The van der Waals surface area contributed by atoms with E-state index in [-0.39, 0.29) is 22.1 Å². The van der Waals surface area contributed by atoms with E-state index in [1.807, 2.05) is 32.0 Å². The molecule has 0 saturated carbocycles. The van der Waals surface area contributed by atoms with Crippen molar-refractivity contribution in [2.24, 2.45) is 5.10 Å². The monoisotopic (exact) mass is 388 g/mol. The van der Waals surface area contributed by atoms with E-state index < -0.39 is 4.92 Å². The van der Waals surface area contributed by atoms with E-state index in [9.17, 15) is 10.1 Å². The van der Waals surface area contributed by atoms with Crippen LogP contribution in [0, 0.1) is 24.0 Å². The number of methoxy groups -OCH3 is 2. The highest BCUT2D eigenvalue weighted by Crippen LogP contribution is 2.33. The SMILES string of the molecule is COc1cc(/C=N\NC(=S)Nc2c(C)cccc2C)c([N+](=O)[O-])cc1OC. The Labute approximate surface area is 162 Å². The molecular formula is C18H20N4O4S. The number of hydrogen-bond acceptors (Lipinski definition) is 6. The first-order chi connectivity index (χ1) is 12.9. The van der Waals surface area contributed by atoms with E-state index >= 15 is 0 Å². The van der Waals surface area contributed by atoms with Gasteiger partial charge in [-0.3, -0.25) is 15.5 Å². The number of aryl methyl sites for hydroxylation is 2. The predicted octanol–water partition coefficient (Wildman–Crippen LogP) is 3.55. The van der Waals surface area contributed by atoms with Crippen molar-refractivity contribution in [1.29, 1.82) is 0 Å². The van der Waals surface area contributed by atoms with E-state index in [2.05, 4.69) is 15.8 Å². The molecule has 0 fully saturated rings. The van der Waals surface area contributed by atoms with Crippen molar-refractivity contribution in [3.8, 4) is 11.5 Å². The average Bonchev–Trinajstić information content (AvgIpc) is 2.64. The fourth-order valence-corrected chi connectivity index (χ4v) is 2.61. The second kappa shape index (κ2) is 8.95. The van der Waals surface area contributed by atoms with Crippen LogP contribution < -0.4 is 20.2 Å². The Morgan fingerprint density at radius 1 is 1.19 bits per heavy atom. The molecule has 0 aromatic heterocycles. The number of para-hydroxylation sites is 1. The third-order valence-corrected chi connectivity index (χ3v) is 4.01.